The Labute approximate surface area is 135 Å². The molecule has 4 bridgehead atoms. The molecule has 0 radical (unpaired) electrons. The highest BCUT2D eigenvalue weighted by Gasteiger charge is 2.58. The van der Waals surface area contributed by atoms with Crippen LogP contribution in [0.5, 0.6) is 0 Å². The maximum Gasteiger partial charge on any atom is 0.174 e. The van der Waals surface area contributed by atoms with Crippen molar-refractivity contribution in [1.29, 1.82) is 0 Å². The van der Waals surface area contributed by atoms with Gasteiger partial charge in [-0.25, -0.2) is 0 Å². The molecule has 0 saturated carbocycles. The minimum absolute atomic E-state index is 0.0220. The Bertz CT molecular complexity index is 587. The quantitative estimate of drug-likeness (QED) is 0.639. The van der Waals surface area contributed by atoms with Crippen molar-refractivity contribution in [3.8, 4) is 0 Å². The van der Waals surface area contributed by atoms with Gasteiger partial charge in [0.15, 0.2) is 11.5 Å². The number of rotatable bonds is 0. The lowest BCUT2D eigenvalue weighted by Gasteiger charge is -2.32. The van der Waals surface area contributed by atoms with Crippen LogP contribution in [0.3, 0.4) is 0 Å². The van der Waals surface area contributed by atoms with E-state index in [9.17, 15) is 9.59 Å². The van der Waals surface area contributed by atoms with Gasteiger partial charge in [-0.2, -0.15) is 0 Å². The van der Waals surface area contributed by atoms with Crippen molar-refractivity contribution < 1.29 is 23.8 Å². The molecular formula is C18H22O5. The van der Waals surface area contributed by atoms with E-state index in [4.69, 9.17) is 14.2 Å². The third kappa shape index (κ3) is 2.13. The lowest BCUT2D eigenvalue weighted by molar-refractivity contribution is -0.150. The predicted molar refractivity (Wildman–Crippen MR) is 81.2 cm³/mol. The normalized spacial score (nSPS) is 48.7. The molecule has 0 aromatic rings. The molecule has 0 aromatic heterocycles. The lowest BCUT2D eigenvalue weighted by atomic mass is 9.87. The number of carbonyl (C=O) groups is 2. The SMILES string of the molecule is C[C@@H]1C(=O)[C@H](C)[C@@H]2C=C[C@H]1O2.C[C@@H]1C(=O)[C@H](C)[C@H]2O[C@@H]1C1=C2O1. The summed E-state index contributed by atoms with van der Waals surface area (Å²) in [6.45, 7) is 7.71. The maximum absolute atomic E-state index is 11.6. The lowest BCUT2D eigenvalue weighted by Crippen LogP contribution is -2.44. The first kappa shape index (κ1) is 15.1. The van der Waals surface area contributed by atoms with Crippen molar-refractivity contribution in [3.63, 3.8) is 0 Å². The van der Waals surface area contributed by atoms with Crippen LogP contribution < -0.4 is 0 Å². The smallest absolute Gasteiger partial charge is 0.174 e. The second kappa shape index (κ2) is 5.02. The zero-order valence-corrected chi connectivity index (χ0v) is 13.8. The summed E-state index contributed by atoms with van der Waals surface area (Å²) in [5.74, 6) is 2.59. The van der Waals surface area contributed by atoms with E-state index in [1.807, 2.05) is 39.8 Å². The average Bonchev–Trinajstić information content (AvgIpc) is 3.07. The van der Waals surface area contributed by atoms with Gasteiger partial charge < -0.3 is 14.2 Å². The van der Waals surface area contributed by atoms with Crippen molar-refractivity contribution in [2.75, 3.05) is 0 Å². The molecule has 5 aliphatic heterocycles. The van der Waals surface area contributed by atoms with Crippen LogP contribution in [0.15, 0.2) is 23.7 Å². The van der Waals surface area contributed by atoms with E-state index in [1.165, 1.54) is 0 Å². The van der Waals surface area contributed by atoms with Crippen LogP contribution in [0.1, 0.15) is 27.7 Å². The van der Waals surface area contributed by atoms with E-state index in [2.05, 4.69) is 0 Å². The molecule has 2 fully saturated rings. The number of hydrogen-bond donors (Lipinski definition) is 0. The van der Waals surface area contributed by atoms with Gasteiger partial charge in [-0.1, -0.05) is 39.8 Å². The summed E-state index contributed by atoms with van der Waals surface area (Å²) in [5.41, 5.74) is 0. The van der Waals surface area contributed by atoms with Crippen molar-refractivity contribution in [1.82, 2.24) is 0 Å². The molecule has 0 amide bonds. The number of fused-ring (bicyclic) bond motifs is 6. The summed E-state index contributed by atoms with van der Waals surface area (Å²) in [7, 11) is 0. The highest BCUT2D eigenvalue weighted by atomic mass is 16.6. The highest BCUT2D eigenvalue weighted by molar-refractivity contribution is 5.87. The van der Waals surface area contributed by atoms with Gasteiger partial charge in [0.05, 0.1) is 12.2 Å². The molecule has 0 N–H and O–H groups in total. The molecule has 0 spiro atoms. The number of ether oxygens (including phenoxy) is 3. The largest absolute Gasteiger partial charge is 0.453 e. The van der Waals surface area contributed by atoms with Gasteiger partial charge in [-0.05, 0) is 0 Å². The van der Waals surface area contributed by atoms with Crippen LogP contribution in [0.4, 0.5) is 0 Å². The second-order valence-corrected chi connectivity index (χ2v) is 7.22. The van der Waals surface area contributed by atoms with Crippen molar-refractivity contribution in [2.24, 2.45) is 23.7 Å². The van der Waals surface area contributed by atoms with Crippen LogP contribution in [0.25, 0.3) is 0 Å². The Morgan fingerprint density at radius 3 is 1.61 bits per heavy atom. The first-order chi connectivity index (χ1) is 10.9. The van der Waals surface area contributed by atoms with Crippen molar-refractivity contribution in [3.05, 3.63) is 23.7 Å². The van der Waals surface area contributed by atoms with Gasteiger partial charge in [-0.15, -0.1) is 0 Å². The van der Waals surface area contributed by atoms with E-state index in [0.29, 0.717) is 11.6 Å². The summed E-state index contributed by atoms with van der Waals surface area (Å²) >= 11 is 0. The number of Topliss-reactive ketones (excluding diaryl/α,β-unsaturated/α-hetero) is 2. The summed E-state index contributed by atoms with van der Waals surface area (Å²) in [4.78, 5) is 23.1. The molecule has 0 aromatic carbocycles. The zero-order chi connectivity index (χ0) is 16.5. The summed E-state index contributed by atoms with van der Waals surface area (Å²) in [6.07, 6.45) is 4.02. The van der Waals surface area contributed by atoms with Gasteiger partial charge in [0, 0.05) is 23.7 Å². The van der Waals surface area contributed by atoms with Gasteiger partial charge >= 0.3 is 0 Å². The fourth-order valence-corrected chi connectivity index (χ4v) is 3.97. The Hall–Kier alpha value is -1.46. The third-order valence-corrected chi connectivity index (χ3v) is 5.72. The molecule has 0 aliphatic carbocycles. The average molecular weight is 318 g/mol. The minimum atomic E-state index is -0.0614. The maximum atomic E-state index is 11.6. The summed E-state index contributed by atoms with van der Waals surface area (Å²) < 4.78 is 16.5. The molecule has 5 heteroatoms. The van der Waals surface area contributed by atoms with Crippen molar-refractivity contribution in [2.45, 2.75) is 52.1 Å². The topological polar surface area (TPSA) is 65.1 Å². The van der Waals surface area contributed by atoms with E-state index in [0.717, 1.165) is 11.5 Å². The molecule has 5 heterocycles. The van der Waals surface area contributed by atoms with Gasteiger partial charge in [-0.3, -0.25) is 9.59 Å². The first-order valence-corrected chi connectivity index (χ1v) is 8.38. The highest BCUT2D eigenvalue weighted by Crippen LogP contribution is 2.51. The van der Waals surface area contributed by atoms with Gasteiger partial charge in [0.1, 0.15) is 23.8 Å². The monoisotopic (exact) mass is 318 g/mol. The van der Waals surface area contributed by atoms with E-state index in [1.54, 1.807) is 0 Å². The number of carbonyl (C=O) groups excluding carboxylic acids is 2. The predicted octanol–water partition coefficient (Wildman–Crippen LogP) is 2.02. The Balaban J connectivity index is 0.000000118. The molecule has 5 nitrogen and oxygen atoms in total. The van der Waals surface area contributed by atoms with Gasteiger partial charge in [0.2, 0.25) is 0 Å². The first-order valence-electron chi connectivity index (χ1n) is 8.38. The van der Waals surface area contributed by atoms with Crippen LogP contribution in [0.2, 0.25) is 0 Å². The number of ketones is 2. The molecular weight excluding hydrogens is 296 g/mol. The molecule has 5 rings (SSSR count). The van der Waals surface area contributed by atoms with Crippen molar-refractivity contribution >= 4 is 11.6 Å². The molecule has 5 aliphatic rings. The van der Waals surface area contributed by atoms with E-state index in [-0.39, 0.29) is 48.1 Å². The zero-order valence-electron chi connectivity index (χ0n) is 13.8. The van der Waals surface area contributed by atoms with Crippen LogP contribution in [0, 0.1) is 23.7 Å². The van der Waals surface area contributed by atoms with E-state index >= 15 is 0 Å². The molecule has 23 heavy (non-hydrogen) atoms. The summed E-state index contributed by atoms with van der Waals surface area (Å²) in [5, 5.41) is 0. The summed E-state index contributed by atoms with van der Waals surface area (Å²) in [6, 6.07) is 0. The van der Waals surface area contributed by atoms with Crippen LogP contribution >= 0.6 is 0 Å². The van der Waals surface area contributed by atoms with E-state index < -0.39 is 0 Å². The molecule has 0 unspecified atom stereocenters. The third-order valence-electron chi connectivity index (χ3n) is 5.72. The molecule has 8 atom stereocenters. The number of hydrogen-bond acceptors (Lipinski definition) is 5. The van der Waals surface area contributed by atoms with Crippen LogP contribution in [-0.4, -0.2) is 36.0 Å². The molecule has 124 valence electrons. The fourth-order valence-electron chi connectivity index (χ4n) is 3.97. The fraction of sp³-hybridized carbons (Fsp3) is 0.667. The Kier molecular flexibility index (Phi) is 3.29. The molecule has 2 saturated heterocycles. The minimum Gasteiger partial charge on any atom is -0.453 e. The van der Waals surface area contributed by atoms with Gasteiger partial charge in [0.25, 0.3) is 0 Å². The Morgan fingerprint density at radius 2 is 1.13 bits per heavy atom. The Morgan fingerprint density at radius 1 is 0.696 bits per heavy atom. The standard InChI is InChI=1S/C9H10O3.C9H12O2/c1-3-5(10)4(2)7-9-8(12-9)6(3)11-7;1-5-7-3-4-8(11-7)6(2)9(5)10/h3-4,6-7H,1-2H3;3-8H,1-2H3/t3-,4+,6+,7-;5-,6+,7+,8-. The second-order valence-electron chi connectivity index (χ2n) is 7.22. The van der Waals surface area contributed by atoms with Crippen LogP contribution in [-0.2, 0) is 23.8 Å².